The minimum Gasteiger partial charge on any atom is -0.381 e. The molecular formula is C19H28ClN3O3. The van der Waals surface area contributed by atoms with Crippen LogP contribution in [-0.4, -0.2) is 30.6 Å². The van der Waals surface area contributed by atoms with Gasteiger partial charge in [0.05, 0.1) is 5.54 Å². The van der Waals surface area contributed by atoms with Crippen LogP contribution in [0.15, 0.2) is 24.3 Å². The van der Waals surface area contributed by atoms with Crippen LogP contribution in [0.5, 0.6) is 0 Å². The largest absolute Gasteiger partial charge is 0.381 e. The van der Waals surface area contributed by atoms with Crippen molar-refractivity contribution in [2.24, 2.45) is 11.7 Å². The van der Waals surface area contributed by atoms with Gasteiger partial charge in [-0.1, -0.05) is 25.0 Å². The molecule has 26 heavy (non-hydrogen) atoms. The summed E-state index contributed by atoms with van der Waals surface area (Å²) in [6.45, 7) is 1.44. The summed E-state index contributed by atoms with van der Waals surface area (Å²) in [5.41, 5.74) is 7.06. The molecule has 1 aromatic rings. The summed E-state index contributed by atoms with van der Waals surface area (Å²) in [7, 11) is 0. The maximum atomic E-state index is 12.4. The van der Waals surface area contributed by atoms with Gasteiger partial charge < -0.3 is 21.1 Å². The van der Waals surface area contributed by atoms with Gasteiger partial charge >= 0.3 is 0 Å². The Bertz CT molecular complexity index is 626. The van der Waals surface area contributed by atoms with Gasteiger partial charge in [0.2, 0.25) is 11.8 Å². The van der Waals surface area contributed by atoms with Crippen LogP contribution < -0.4 is 16.4 Å². The Hall–Kier alpha value is -1.63. The molecule has 1 saturated heterocycles. The molecule has 0 bridgehead atoms. The SMILES string of the molecule is Cl.NC1(C(=O)NCc2cccc(NC(=O)C3CCCC3)c2)CCOCC1. The first-order chi connectivity index (χ1) is 12.1. The molecule has 2 fully saturated rings. The minimum absolute atomic E-state index is 0. The molecule has 0 radical (unpaired) electrons. The molecule has 0 unspecified atom stereocenters. The standard InChI is InChI=1S/C19H27N3O3.ClH/c20-19(8-10-25-11-9-19)18(24)21-13-14-4-3-7-16(12-14)22-17(23)15-5-1-2-6-15;/h3-4,7,12,15H,1-2,5-6,8-11,13,20H2,(H,21,24)(H,22,23);1H. The third kappa shape index (κ3) is 5.19. The molecule has 4 N–H and O–H groups in total. The summed E-state index contributed by atoms with van der Waals surface area (Å²) >= 11 is 0. The topological polar surface area (TPSA) is 93.5 Å². The van der Waals surface area contributed by atoms with E-state index >= 15 is 0 Å². The van der Waals surface area contributed by atoms with E-state index in [0.717, 1.165) is 36.9 Å². The van der Waals surface area contributed by atoms with Crippen molar-refractivity contribution >= 4 is 29.9 Å². The molecular weight excluding hydrogens is 354 g/mol. The summed E-state index contributed by atoms with van der Waals surface area (Å²) in [4.78, 5) is 24.6. The number of anilines is 1. The van der Waals surface area contributed by atoms with E-state index in [0.29, 0.717) is 32.6 Å². The number of rotatable bonds is 5. The second kappa shape index (κ2) is 9.35. The summed E-state index contributed by atoms with van der Waals surface area (Å²) in [5, 5.41) is 5.90. The van der Waals surface area contributed by atoms with Crippen molar-refractivity contribution in [3.05, 3.63) is 29.8 Å². The second-order valence-electron chi connectivity index (χ2n) is 7.12. The average molecular weight is 382 g/mol. The van der Waals surface area contributed by atoms with E-state index in [9.17, 15) is 9.59 Å². The predicted molar refractivity (Wildman–Crippen MR) is 103 cm³/mol. The molecule has 2 aliphatic rings. The van der Waals surface area contributed by atoms with E-state index < -0.39 is 5.54 Å². The van der Waals surface area contributed by atoms with Crippen LogP contribution in [0.2, 0.25) is 0 Å². The summed E-state index contributed by atoms with van der Waals surface area (Å²) < 4.78 is 5.27. The van der Waals surface area contributed by atoms with Crippen molar-refractivity contribution in [3.8, 4) is 0 Å². The zero-order valence-corrected chi connectivity index (χ0v) is 15.8. The Balaban J connectivity index is 0.00000243. The zero-order valence-electron chi connectivity index (χ0n) is 15.0. The van der Waals surface area contributed by atoms with Gasteiger partial charge in [-0.05, 0) is 43.4 Å². The van der Waals surface area contributed by atoms with Crippen molar-refractivity contribution in [2.45, 2.75) is 50.6 Å². The van der Waals surface area contributed by atoms with Gasteiger partial charge in [-0.25, -0.2) is 0 Å². The molecule has 0 aromatic heterocycles. The third-order valence-corrected chi connectivity index (χ3v) is 5.21. The highest BCUT2D eigenvalue weighted by Crippen LogP contribution is 2.26. The highest BCUT2D eigenvalue weighted by atomic mass is 35.5. The van der Waals surface area contributed by atoms with Gasteiger partial charge in [0.15, 0.2) is 0 Å². The quantitative estimate of drug-likeness (QED) is 0.729. The van der Waals surface area contributed by atoms with Crippen molar-refractivity contribution in [2.75, 3.05) is 18.5 Å². The van der Waals surface area contributed by atoms with Gasteiger partial charge in [-0.15, -0.1) is 12.4 Å². The lowest BCUT2D eigenvalue weighted by Gasteiger charge is -2.31. The van der Waals surface area contributed by atoms with E-state index in [-0.39, 0.29) is 30.1 Å². The lowest BCUT2D eigenvalue weighted by molar-refractivity contribution is -0.129. The van der Waals surface area contributed by atoms with Crippen LogP contribution in [0.25, 0.3) is 0 Å². The van der Waals surface area contributed by atoms with Gasteiger partial charge in [-0.3, -0.25) is 9.59 Å². The van der Waals surface area contributed by atoms with E-state index in [1.165, 1.54) is 0 Å². The maximum absolute atomic E-state index is 12.4. The lowest BCUT2D eigenvalue weighted by Crippen LogP contribution is -2.56. The fourth-order valence-electron chi connectivity index (χ4n) is 3.51. The fraction of sp³-hybridized carbons (Fsp3) is 0.579. The number of hydrogen-bond acceptors (Lipinski definition) is 4. The molecule has 1 aromatic carbocycles. The summed E-state index contributed by atoms with van der Waals surface area (Å²) in [6.07, 6.45) is 5.30. The molecule has 1 aliphatic heterocycles. The van der Waals surface area contributed by atoms with Gasteiger partial charge in [0.25, 0.3) is 0 Å². The van der Waals surface area contributed by atoms with Crippen LogP contribution >= 0.6 is 12.4 Å². The Labute approximate surface area is 160 Å². The van der Waals surface area contributed by atoms with Crippen molar-refractivity contribution < 1.29 is 14.3 Å². The van der Waals surface area contributed by atoms with Crippen LogP contribution in [0, 0.1) is 5.92 Å². The summed E-state index contributed by atoms with van der Waals surface area (Å²) in [5.74, 6) is 0.0898. The maximum Gasteiger partial charge on any atom is 0.240 e. The van der Waals surface area contributed by atoms with Crippen molar-refractivity contribution in [3.63, 3.8) is 0 Å². The van der Waals surface area contributed by atoms with Gasteiger partial charge in [-0.2, -0.15) is 0 Å². The molecule has 144 valence electrons. The summed E-state index contributed by atoms with van der Waals surface area (Å²) in [6, 6.07) is 7.60. The number of nitrogens with two attached hydrogens (primary N) is 1. The van der Waals surface area contributed by atoms with E-state index in [1.807, 2.05) is 24.3 Å². The Kier molecular flexibility index (Phi) is 7.43. The van der Waals surface area contributed by atoms with E-state index in [1.54, 1.807) is 0 Å². The Morgan fingerprint density at radius 3 is 2.58 bits per heavy atom. The molecule has 7 heteroatoms. The molecule has 1 heterocycles. The van der Waals surface area contributed by atoms with Crippen molar-refractivity contribution in [1.82, 2.24) is 5.32 Å². The van der Waals surface area contributed by atoms with Crippen LogP contribution in [-0.2, 0) is 20.9 Å². The highest BCUT2D eigenvalue weighted by Gasteiger charge is 2.35. The first-order valence-corrected chi connectivity index (χ1v) is 9.12. The first kappa shape index (κ1) is 20.7. The number of carbonyl (C=O) groups is 2. The molecule has 1 saturated carbocycles. The minimum atomic E-state index is -0.841. The Morgan fingerprint density at radius 2 is 1.88 bits per heavy atom. The third-order valence-electron chi connectivity index (χ3n) is 5.21. The number of benzene rings is 1. The lowest BCUT2D eigenvalue weighted by atomic mass is 9.90. The molecule has 0 atom stereocenters. The molecule has 2 amide bonds. The monoisotopic (exact) mass is 381 g/mol. The smallest absolute Gasteiger partial charge is 0.240 e. The molecule has 0 spiro atoms. The van der Waals surface area contributed by atoms with Crippen LogP contribution in [0.1, 0.15) is 44.1 Å². The molecule has 6 nitrogen and oxygen atoms in total. The van der Waals surface area contributed by atoms with Gasteiger partial charge in [0, 0.05) is 31.4 Å². The average Bonchev–Trinajstić information content (AvgIpc) is 3.15. The van der Waals surface area contributed by atoms with Crippen LogP contribution in [0.3, 0.4) is 0 Å². The number of hydrogen-bond donors (Lipinski definition) is 3. The van der Waals surface area contributed by atoms with Crippen LogP contribution in [0.4, 0.5) is 5.69 Å². The number of ether oxygens (including phenoxy) is 1. The predicted octanol–water partition coefficient (Wildman–Crippen LogP) is 2.36. The number of amides is 2. The second-order valence-corrected chi connectivity index (χ2v) is 7.12. The van der Waals surface area contributed by atoms with Crippen molar-refractivity contribution in [1.29, 1.82) is 0 Å². The highest BCUT2D eigenvalue weighted by molar-refractivity contribution is 5.92. The number of halogens is 1. The Morgan fingerprint density at radius 1 is 1.19 bits per heavy atom. The zero-order chi connectivity index (χ0) is 17.7. The fourth-order valence-corrected chi connectivity index (χ4v) is 3.51. The molecule has 1 aliphatic carbocycles. The number of nitrogens with one attached hydrogen (secondary N) is 2. The van der Waals surface area contributed by atoms with E-state index in [4.69, 9.17) is 10.5 Å². The van der Waals surface area contributed by atoms with E-state index in [2.05, 4.69) is 10.6 Å². The number of carbonyl (C=O) groups excluding carboxylic acids is 2. The molecule has 3 rings (SSSR count). The van der Waals surface area contributed by atoms with Gasteiger partial charge in [0.1, 0.15) is 0 Å². The normalized spacial score (nSPS) is 19.4. The first-order valence-electron chi connectivity index (χ1n) is 9.12.